The lowest BCUT2D eigenvalue weighted by atomic mass is 10.00. The van der Waals surface area contributed by atoms with E-state index in [-0.39, 0.29) is 5.97 Å². The molecule has 37 heavy (non-hydrogen) atoms. The van der Waals surface area contributed by atoms with Crippen molar-refractivity contribution in [2.75, 3.05) is 19.5 Å². The highest BCUT2D eigenvalue weighted by Crippen LogP contribution is 2.26. The smallest absolute Gasteiger partial charge is 0.339 e. The van der Waals surface area contributed by atoms with Crippen molar-refractivity contribution in [2.45, 2.75) is 0 Å². The lowest BCUT2D eigenvalue weighted by molar-refractivity contribution is 0.0593. The maximum atomic E-state index is 11.7. The SMILES string of the molecule is COC(=O)c1cccc2cc3ccccc3cc12.COC(=O)c1ccccc1Nc1ccccc1C=O. The number of carbonyl (C=O) groups is 3. The van der Waals surface area contributed by atoms with Gasteiger partial charge in [-0.1, -0.05) is 60.7 Å². The average Bonchev–Trinajstić information content (AvgIpc) is 2.95. The van der Waals surface area contributed by atoms with Crippen LogP contribution in [0.2, 0.25) is 0 Å². The Hall–Kier alpha value is -4.97. The Bertz CT molecular complexity index is 1590. The van der Waals surface area contributed by atoms with Gasteiger partial charge in [-0.2, -0.15) is 0 Å². The molecule has 0 aromatic heterocycles. The molecule has 5 rings (SSSR count). The maximum absolute atomic E-state index is 11.7. The topological polar surface area (TPSA) is 81.7 Å². The summed E-state index contributed by atoms with van der Waals surface area (Å²) in [5.74, 6) is -0.720. The third kappa shape index (κ3) is 5.65. The van der Waals surface area contributed by atoms with Crippen LogP contribution in [0.5, 0.6) is 0 Å². The molecule has 0 unspecified atom stereocenters. The molecule has 0 fully saturated rings. The highest BCUT2D eigenvalue weighted by molar-refractivity contribution is 6.08. The minimum atomic E-state index is -0.424. The van der Waals surface area contributed by atoms with E-state index in [1.807, 2.05) is 42.5 Å². The lowest BCUT2D eigenvalue weighted by Gasteiger charge is -2.11. The van der Waals surface area contributed by atoms with E-state index >= 15 is 0 Å². The Morgan fingerprint density at radius 1 is 0.622 bits per heavy atom. The van der Waals surface area contributed by atoms with Crippen LogP contribution in [0.1, 0.15) is 31.1 Å². The molecule has 0 saturated carbocycles. The van der Waals surface area contributed by atoms with E-state index in [9.17, 15) is 14.4 Å². The number of hydrogen-bond donors (Lipinski definition) is 1. The molecule has 0 aliphatic heterocycles. The largest absolute Gasteiger partial charge is 0.465 e. The predicted molar refractivity (Wildman–Crippen MR) is 146 cm³/mol. The second kappa shape index (κ2) is 11.6. The van der Waals surface area contributed by atoms with Gasteiger partial charge in [-0.3, -0.25) is 4.79 Å². The minimum absolute atomic E-state index is 0.295. The summed E-state index contributed by atoms with van der Waals surface area (Å²) in [7, 11) is 2.74. The first kappa shape index (κ1) is 25.1. The van der Waals surface area contributed by atoms with Crippen molar-refractivity contribution in [1.82, 2.24) is 0 Å². The number of para-hydroxylation sites is 2. The van der Waals surface area contributed by atoms with Gasteiger partial charge in [-0.05, 0) is 64.0 Å². The molecule has 6 heteroatoms. The number of benzene rings is 5. The fourth-order valence-corrected chi connectivity index (χ4v) is 3.99. The van der Waals surface area contributed by atoms with Gasteiger partial charge < -0.3 is 14.8 Å². The second-order valence-electron chi connectivity index (χ2n) is 8.08. The third-order valence-electron chi connectivity index (χ3n) is 5.84. The van der Waals surface area contributed by atoms with Crippen LogP contribution in [0, 0.1) is 0 Å². The standard InChI is InChI=1S/C16H12O2.C15H13NO3/c1-18-16(17)14-8-4-7-13-9-11-5-2-3-6-12(11)10-15(13)14;1-19-15(18)12-7-3-5-9-14(12)16-13-8-4-2-6-11(13)10-17/h2-10H,1H3;2-10,16H,1H3. The van der Waals surface area contributed by atoms with E-state index in [1.54, 1.807) is 48.5 Å². The van der Waals surface area contributed by atoms with Gasteiger partial charge >= 0.3 is 11.9 Å². The van der Waals surface area contributed by atoms with E-state index in [2.05, 4.69) is 17.4 Å². The van der Waals surface area contributed by atoms with E-state index in [4.69, 9.17) is 9.47 Å². The van der Waals surface area contributed by atoms with Crippen LogP contribution in [-0.2, 0) is 9.47 Å². The first-order valence-electron chi connectivity index (χ1n) is 11.5. The molecule has 0 aliphatic rings. The predicted octanol–water partition coefficient (Wildman–Crippen LogP) is 6.81. The quantitative estimate of drug-likeness (QED) is 0.165. The molecule has 0 saturated heterocycles. The number of ether oxygens (including phenoxy) is 2. The Kier molecular flexibility index (Phi) is 7.91. The molecule has 0 spiro atoms. The summed E-state index contributed by atoms with van der Waals surface area (Å²) in [6.07, 6.45) is 0.767. The van der Waals surface area contributed by atoms with Crippen molar-refractivity contribution >= 4 is 51.1 Å². The molecular formula is C31H25NO5. The number of carbonyl (C=O) groups excluding carboxylic acids is 3. The van der Waals surface area contributed by atoms with Crippen LogP contribution >= 0.6 is 0 Å². The number of rotatable bonds is 5. The van der Waals surface area contributed by atoms with Crippen LogP contribution in [0.3, 0.4) is 0 Å². The van der Waals surface area contributed by atoms with E-state index < -0.39 is 5.97 Å². The molecule has 5 aromatic carbocycles. The van der Waals surface area contributed by atoms with Crippen LogP contribution in [0.4, 0.5) is 11.4 Å². The maximum Gasteiger partial charge on any atom is 0.339 e. The van der Waals surface area contributed by atoms with Crippen LogP contribution < -0.4 is 5.32 Å². The molecule has 1 N–H and O–H groups in total. The zero-order valence-corrected chi connectivity index (χ0v) is 20.4. The Balaban J connectivity index is 0.000000173. The molecule has 5 aromatic rings. The summed E-state index contributed by atoms with van der Waals surface area (Å²) in [5.41, 5.74) is 2.81. The molecule has 0 amide bonds. The number of anilines is 2. The minimum Gasteiger partial charge on any atom is -0.465 e. The molecule has 0 aliphatic carbocycles. The van der Waals surface area contributed by atoms with Gasteiger partial charge in [-0.25, -0.2) is 9.59 Å². The molecule has 0 bridgehead atoms. The number of methoxy groups -OCH3 is 2. The van der Waals surface area contributed by atoms with Crippen molar-refractivity contribution in [2.24, 2.45) is 0 Å². The van der Waals surface area contributed by atoms with Crippen molar-refractivity contribution in [3.05, 3.63) is 120 Å². The first-order valence-corrected chi connectivity index (χ1v) is 11.5. The summed E-state index contributed by atoms with van der Waals surface area (Å²) < 4.78 is 9.54. The zero-order chi connectivity index (χ0) is 26.2. The Labute approximate surface area is 214 Å². The van der Waals surface area contributed by atoms with Gasteiger partial charge in [0, 0.05) is 11.3 Å². The zero-order valence-electron chi connectivity index (χ0n) is 20.4. The number of hydrogen-bond acceptors (Lipinski definition) is 6. The third-order valence-corrected chi connectivity index (χ3v) is 5.84. The normalized spacial score (nSPS) is 10.2. The highest BCUT2D eigenvalue weighted by atomic mass is 16.5. The summed E-state index contributed by atoms with van der Waals surface area (Å²) in [6.45, 7) is 0. The van der Waals surface area contributed by atoms with Gasteiger partial charge in [-0.15, -0.1) is 0 Å². The van der Waals surface area contributed by atoms with E-state index in [0.717, 1.165) is 22.4 Å². The molecule has 0 radical (unpaired) electrons. The number of esters is 2. The summed E-state index contributed by atoms with van der Waals surface area (Å²) in [4.78, 5) is 34.3. The van der Waals surface area contributed by atoms with Gasteiger partial charge in [0.2, 0.25) is 0 Å². The molecule has 0 atom stereocenters. The molecular weight excluding hydrogens is 466 g/mol. The van der Waals surface area contributed by atoms with Gasteiger partial charge in [0.15, 0.2) is 6.29 Å². The number of aldehydes is 1. The average molecular weight is 492 g/mol. The number of nitrogens with one attached hydrogen (secondary N) is 1. The number of fused-ring (bicyclic) bond motifs is 2. The van der Waals surface area contributed by atoms with Crippen LogP contribution in [0.15, 0.2) is 103 Å². The fraction of sp³-hybridized carbons (Fsp3) is 0.0645. The van der Waals surface area contributed by atoms with Crippen LogP contribution in [0.25, 0.3) is 21.5 Å². The van der Waals surface area contributed by atoms with Crippen LogP contribution in [-0.4, -0.2) is 32.4 Å². The summed E-state index contributed by atoms with van der Waals surface area (Å²) in [6, 6.07) is 32.0. The molecule has 6 nitrogen and oxygen atoms in total. The monoisotopic (exact) mass is 491 g/mol. The van der Waals surface area contributed by atoms with Crippen molar-refractivity contribution in [1.29, 1.82) is 0 Å². The van der Waals surface area contributed by atoms with Crippen molar-refractivity contribution < 1.29 is 23.9 Å². The van der Waals surface area contributed by atoms with Gasteiger partial charge in [0.05, 0.1) is 31.0 Å². The van der Waals surface area contributed by atoms with E-state index in [1.165, 1.54) is 19.6 Å². The summed E-state index contributed by atoms with van der Waals surface area (Å²) in [5, 5.41) is 7.36. The Morgan fingerprint density at radius 3 is 1.86 bits per heavy atom. The van der Waals surface area contributed by atoms with Gasteiger partial charge in [0.1, 0.15) is 0 Å². The van der Waals surface area contributed by atoms with Gasteiger partial charge in [0.25, 0.3) is 0 Å². The first-order chi connectivity index (χ1) is 18.0. The molecule has 0 heterocycles. The lowest BCUT2D eigenvalue weighted by Crippen LogP contribution is -2.06. The Morgan fingerprint density at radius 2 is 1.16 bits per heavy atom. The molecule has 184 valence electrons. The highest BCUT2D eigenvalue weighted by Gasteiger charge is 2.12. The second-order valence-corrected chi connectivity index (χ2v) is 8.08. The summed E-state index contributed by atoms with van der Waals surface area (Å²) >= 11 is 0. The van der Waals surface area contributed by atoms with Crippen molar-refractivity contribution in [3.8, 4) is 0 Å². The van der Waals surface area contributed by atoms with Crippen molar-refractivity contribution in [3.63, 3.8) is 0 Å². The van der Waals surface area contributed by atoms with E-state index in [0.29, 0.717) is 28.1 Å². The fourth-order valence-electron chi connectivity index (χ4n) is 3.99.